The normalized spacial score (nSPS) is 15.0. The van der Waals surface area contributed by atoms with Crippen LogP contribution in [0.1, 0.15) is 34.7 Å². The van der Waals surface area contributed by atoms with Crippen LogP contribution in [0.4, 0.5) is 10.1 Å². The number of anilines is 1. The summed E-state index contributed by atoms with van der Waals surface area (Å²) in [6, 6.07) is 16.8. The topological polar surface area (TPSA) is 55.6 Å². The van der Waals surface area contributed by atoms with Gasteiger partial charge in [-0.05, 0) is 65.4 Å². The van der Waals surface area contributed by atoms with Crippen LogP contribution >= 0.6 is 0 Å². The number of fused-ring (bicyclic) bond motifs is 1. The Morgan fingerprint density at radius 2 is 1.89 bits per heavy atom. The Morgan fingerprint density at radius 3 is 2.61 bits per heavy atom. The molecule has 3 aromatic rings. The van der Waals surface area contributed by atoms with Gasteiger partial charge in [0.1, 0.15) is 11.6 Å². The maximum Gasteiger partial charge on any atom is 0.250 e. The second-order valence-corrected chi connectivity index (χ2v) is 7.22. The van der Waals surface area contributed by atoms with Crippen LogP contribution in [0, 0.1) is 5.82 Å². The summed E-state index contributed by atoms with van der Waals surface area (Å²) < 4.78 is 18.9. The lowest BCUT2D eigenvalue weighted by Crippen LogP contribution is -2.34. The molecule has 0 atom stereocenters. The molecule has 1 saturated heterocycles. The van der Waals surface area contributed by atoms with Gasteiger partial charge in [0.05, 0.1) is 12.7 Å². The first kappa shape index (κ1) is 18.3. The van der Waals surface area contributed by atoms with Gasteiger partial charge in [0.2, 0.25) is 0 Å². The lowest BCUT2D eigenvalue weighted by atomic mass is 9.86. The minimum atomic E-state index is -0.599. The maximum absolute atomic E-state index is 13.5. The molecule has 0 aliphatic carbocycles. The van der Waals surface area contributed by atoms with Crippen molar-refractivity contribution in [3.8, 4) is 5.75 Å². The van der Waals surface area contributed by atoms with Gasteiger partial charge in [-0.1, -0.05) is 24.3 Å². The smallest absolute Gasteiger partial charge is 0.250 e. The number of hydrogen-bond acceptors (Lipinski definition) is 3. The number of nitrogens with two attached hydrogens (primary N) is 1. The Kier molecular flexibility index (Phi) is 4.90. The molecule has 0 bridgehead atoms. The molecule has 1 aliphatic heterocycles. The zero-order valence-electron chi connectivity index (χ0n) is 15.8. The fraction of sp³-hybridized carbons (Fsp3) is 0.261. The summed E-state index contributed by atoms with van der Waals surface area (Å²) in [5.41, 5.74) is 7.74. The van der Waals surface area contributed by atoms with Gasteiger partial charge >= 0.3 is 0 Å². The first-order chi connectivity index (χ1) is 13.6. The number of rotatable bonds is 4. The fourth-order valence-electron chi connectivity index (χ4n) is 4.17. The van der Waals surface area contributed by atoms with E-state index in [1.165, 1.54) is 28.5 Å². The van der Waals surface area contributed by atoms with Crippen molar-refractivity contribution in [1.82, 2.24) is 0 Å². The molecule has 0 aromatic heterocycles. The fourth-order valence-corrected chi connectivity index (χ4v) is 4.17. The average Bonchev–Trinajstić information content (AvgIpc) is 2.73. The number of carbonyl (C=O) groups is 1. The maximum atomic E-state index is 13.5. The lowest BCUT2D eigenvalue weighted by Gasteiger charge is -2.35. The molecule has 28 heavy (non-hydrogen) atoms. The second-order valence-electron chi connectivity index (χ2n) is 7.22. The number of methoxy groups -OCH3 is 1. The SMILES string of the molecule is COc1ccc2cccc(C3CCN(c4ccc(F)cc4C(N)=O)CC3)c2c1. The highest BCUT2D eigenvalue weighted by atomic mass is 19.1. The van der Waals surface area contributed by atoms with Crippen LogP contribution in [0.15, 0.2) is 54.6 Å². The van der Waals surface area contributed by atoms with Crippen LogP contribution in [0.5, 0.6) is 5.75 Å². The molecule has 4 nitrogen and oxygen atoms in total. The number of piperidine rings is 1. The molecule has 0 radical (unpaired) electrons. The highest BCUT2D eigenvalue weighted by molar-refractivity contribution is 5.98. The van der Waals surface area contributed by atoms with Crippen LogP contribution in [0.25, 0.3) is 10.8 Å². The van der Waals surface area contributed by atoms with Crippen molar-refractivity contribution in [2.24, 2.45) is 5.73 Å². The van der Waals surface area contributed by atoms with Crippen LogP contribution in [-0.4, -0.2) is 26.1 Å². The van der Waals surface area contributed by atoms with Crippen molar-refractivity contribution in [3.63, 3.8) is 0 Å². The predicted molar refractivity (Wildman–Crippen MR) is 110 cm³/mol. The molecule has 4 rings (SSSR count). The van der Waals surface area contributed by atoms with E-state index in [1.807, 2.05) is 6.07 Å². The van der Waals surface area contributed by atoms with E-state index in [2.05, 4.69) is 35.2 Å². The third-order valence-electron chi connectivity index (χ3n) is 5.62. The van der Waals surface area contributed by atoms with Crippen LogP contribution in [0.2, 0.25) is 0 Å². The minimum Gasteiger partial charge on any atom is -0.497 e. The first-order valence-corrected chi connectivity index (χ1v) is 9.48. The highest BCUT2D eigenvalue weighted by Crippen LogP contribution is 2.36. The summed E-state index contributed by atoms with van der Waals surface area (Å²) in [5, 5.41) is 2.43. The van der Waals surface area contributed by atoms with Crippen molar-refractivity contribution in [3.05, 3.63) is 71.5 Å². The molecule has 0 saturated carbocycles. The summed E-state index contributed by atoms with van der Waals surface area (Å²) in [6.45, 7) is 1.58. The molecule has 1 aliphatic rings. The largest absolute Gasteiger partial charge is 0.497 e. The number of ether oxygens (including phenoxy) is 1. The third-order valence-corrected chi connectivity index (χ3v) is 5.62. The molecule has 5 heteroatoms. The number of nitrogens with zero attached hydrogens (tertiary/aromatic N) is 1. The number of amides is 1. The number of hydrogen-bond donors (Lipinski definition) is 1. The molecule has 1 heterocycles. The van der Waals surface area contributed by atoms with E-state index >= 15 is 0 Å². The Bertz CT molecular complexity index is 1030. The van der Waals surface area contributed by atoms with E-state index in [4.69, 9.17) is 10.5 Å². The third kappa shape index (κ3) is 3.40. The minimum absolute atomic E-state index is 0.244. The van der Waals surface area contributed by atoms with Gasteiger partial charge in [-0.3, -0.25) is 4.79 Å². The predicted octanol–water partition coefficient (Wildman–Crippen LogP) is 4.47. The summed E-state index contributed by atoms with van der Waals surface area (Å²) in [5.74, 6) is 0.231. The van der Waals surface area contributed by atoms with E-state index < -0.39 is 11.7 Å². The van der Waals surface area contributed by atoms with Gasteiger partial charge in [0, 0.05) is 18.8 Å². The van der Waals surface area contributed by atoms with E-state index in [-0.39, 0.29) is 5.56 Å². The molecule has 0 spiro atoms. The standard InChI is InChI=1S/C23H23FN2O2/c1-28-18-7-5-15-3-2-4-19(20(15)14-18)16-9-11-26(12-10-16)22-8-6-17(24)13-21(22)23(25)27/h2-8,13-14,16H,9-12H2,1H3,(H2,25,27). The zero-order chi connectivity index (χ0) is 19.7. The summed E-state index contributed by atoms with van der Waals surface area (Å²) in [7, 11) is 1.68. The molecule has 3 aromatic carbocycles. The van der Waals surface area contributed by atoms with Crippen LogP contribution in [0.3, 0.4) is 0 Å². The van der Waals surface area contributed by atoms with Gasteiger partial charge in [0.25, 0.3) is 5.91 Å². The Balaban J connectivity index is 1.59. The lowest BCUT2D eigenvalue weighted by molar-refractivity contribution is 0.1000. The van der Waals surface area contributed by atoms with Crippen LogP contribution in [-0.2, 0) is 0 Å². The summed E-state index contributed by atoms with van der Waals surface area (Å²) >= 11 is 0. The van der Waals surface area contributed by atoms with Gasteiger partial charge in [0.15, 0.2) is 0 Å². The highest BCUT2D eigenvalue weighted by Gasteiger charge is 2.24. The number of halogens is 1. The molecule has 1 fully saturated rings. The molecule has 0 unspecified atom stereocenters. The van der Waals surface area contributed by atoms with Gasteiger partial charge in [-0.25, -0.2) is 4.39 Å². The summed E-state index contributed by atoms with van der Waals surface area (Å²) in [4.78, 5) is 13.9. The molecule has 2 N–H and O–H groups in total. The first-order valence-electron chi connectivity index (χ1n) is 9.48. The number of primary amides is 1. The number of benzene rings is 3. The molecular formula is C23H23FN2O2. The number of carbonyl (C=O) groups excluding carboxylic acids is 1. The molecule has 144 valence electrons. The van der Waals surface area contributed by atoms with E-state index in [1.54, 1.807) is 13.2 Å². The monoisotopic (exact) mass is 378 g/mol. The van der Waals surface area contributed by atoms with Crippen LogP contribution < -0.4 is 15.4 Å². The van der Waals surface area contributed by atoms with Crippen molar-refractivity contribution < 1.29 is 13.9 Å². The second kappa shape index (κ2) is 7.50. The van der Waals surface area contributed by atoms with Crippen molar-refractivity contribution in [2.45, 2.75) is 18.8 Å². The zero-order valence-corrected chi connectivity index (χ0v) is 15.8. The van der Waals surface area contributed by atoms with Crippen molar-refractivity contribution in [2.75, 3.05) is 25.1 Å². The van der Waals surface area contributed by atoms with Gasteiger partial charge in [-0.15, -0.1) is 0 Å². The Labute approximate surface area is 163 Å². The molecule has 1 amide bonds. The van der Waals surface area contributed by atoms with Crippen molar-refractivity contribution >= 4 is 22.4 Å². The van der Waals surface area contributed by atoms with Gasteiger partial charge < -0.3 is 15.4 Å². The van der Waals surface area contributed by atoms with E-state index in [9.17, 15) is 9.18 Å². The van der Waals surface area contributed by atoms with E-state index in [0.29, 0.717) is 11.6 Å². The van der Waals surface area contributed by atoms with E-state index in [0.717, 1.165) is 31.7 Å². The van der Waals surface area contributed by atoms with Crippen molar-refractivity contribution in [1.29, 1.82) is 0 Å². The Hall–Kier alpha value is -3.08. The summed E-state index contributed by atoms with van der Waals surface area (Å²) in [6.07, 6.45) is 1.90. The molecular weight excluding hydrogens is 355 g/mol. The van der Waals surface area contributed by atoms with Gasteiger partial charge in [-0.2, -0.15) is 0 Å². The average molecular weight is 378 g/mol. The Morgan fingerprint density at radius 1 is 1.11 bits per heavy atom. The quantitative estimate of drug-likeness (QED) is 0.729.